The van der Waals surface area contributed by atoms with Gasteiger partial charge in [0.25, 0.3) is 0 Å². The number of hydrogen-bond donors (Lipinski definition) is 1. The van der Waals surface area contributed by atoms with Gasteiger partial charge in [-0.05, 0) is 0 Å². The van der Waals surface area contributed by atoms with Gasteiger partial charge >= 0.3 is 5.97 Å². The highest BCUT2D eigenvalue weighted by molar-refractivity contribution is 6.32. The lowest BCUT2D eigenvalue weighted by Gasteiger charge is -2.05. The monoisotopic (exact) mass is 222 g/mol. The summed E-state index contributed by atoms with van der Waals surface area (Å²) >= 11 is 5.39. The average molecular weight is 223 g/mol. The first-order chi connectivity index (χ1) is 6.50. The predicted molar refractivity (Wildman–Crippen MR) is 44.5 cm³/mol. The molecule has 0 aromatic heterocycles. The molecule has 0 saturated heterocycles. The molecule has 0 fully saturated rings. The maximum absolute atomic E-state index is 12.8. The van der Waals surface area contributed by atoms with Crippen LogP contribution in [0.1, 0.15) is 0 Å². The molecule has 0 bridgehead atoms. The summed E-state index contributed by atoms with van der Waals surface area (Å²) in [5.74, 6) is -3.46. The number of carboxylic acid groups (broad SMARTS) is 1. The fourth-order valence-electron chi connectivity index (χ4n) is 0.777. The normalized spacial score (nSPS) is 9.93. The van der Waals surface area contributed by atoms with Gasteiger partial charge in [-0.25, -0.2) is 13.6 Å². The second-order valence-corrected chi connectivity index (χ2v) is 2.76. The van der Waals surface area contributed by atoms with E-state index in [1.165, 1.54) is 0 Å². The smallest absolute Gasteiger partial charge is 0.341 e. The van der Waals surface area contributed by atoms with Gasteiger partial charge in [0.1, 0.15) is 22.4 Å². The molecule has 76 valence electrons. The van der Waals surface area contributed by atoms with Crippen molar-refractivity contribution in [1.29, 1.82) is 0 Å². The van der Waals surface area contributed by atoms with Crippen molar-refractivity contribution in [3.05, 3.63) is 28.8 Å². The van der Waals surface area contributed by atoms with Crippen LogP contribution in [0.25, 0.3) is 0 Å². The molecule has 0 aliphatic carbocycles. The number of carbonyl (C=O) groups is 1. The van der Waals surface area contributed by atoms with E-state index in [4.69, 9.17) is 16.7 Å². The number of halogens is 3. The van der Waals surface area contributed by atoms with Crippen molar-refractivity contribution in [3.8, 4) is 5.75 Å². The van der Waals surface area contributed by atoms with Crippen molar-refractivity contribution in [3.63, 3.8) is 0 Å². The minimum absolute atomic E-state index is 0.327. The molecule has 0 saturated carbocycles. The molecular formula is C8H5ClF2O3. The van der Waals surface area contributed by atoms with Crippen LogP contribution in [-0.2, 0) is 4.79 Å². The van der Waals surface area contributed by atoms with Crippen LogP contribution in [-0.4, -0.2) is 17.7 Å². The zero-order valence-corrected chi connectivity index (χ0v) is 7.52. The third-order valence-corrected chi connectivity index (χ3v) is 1.68. The lowest BCUT2D eigenvalue weighted by Crippen LogP contribution is -2.10. The molecule has 1 N–H and O–H groups in total. The van der Waals surface area contributed by atoms with Gasteiger partial charge in [-0.1, -0.05) is 11.6 Å². The van der Waals surface area contributed by atoms with E-state index in [2.05, 4.69) is 4.74 Å². The van der Waals surface area contributed by atoms with E-state index >= 15 is 0 Å². The highest BCUT2D eigenvalue weighted by atomic mass is 35.5. The van der Waals surface area contributed by atoms with Crippen LogP contribution in [0.15, 0.2) is 12.1 Å². The van der Waals surface area contributed by atoms with Crippen LogP contribution in [0.2, 0.25) is 5.02 Å². The summed E-state index contributed by atoms with van der Waals surface area (Å²) in [4.78, 5) is 10.1. The fourth-order valence-corrected chi connectivity index (χ4v) is 0.941. The van der Waals surface area contributed by atoms with Gasteiger partial charge in [-0.2, -0.15) is 0 Å². The summed E-state index contributed by atoms with van der Waals surface area (Å²) in [6.45, 7) is -0.706. The average Bonchev–Trinajstić information content (AvgIpc) is 2.08. The minimum Gasteiger partial charge on any atom is -0.480 e. The van der Waals surface area contributed by atoms with Gasteiger partial charge < -0.3 is 9.84 Å². The van der Waals surface area contributed by atoms with Crippen LogP contribution in [0.5, 0.6) is 5.75 Å². The predicted octanol–water partition coefficient (Wildman–Crippen LogP) is 2.08. The number of rotatable bonds is 3. The Morgan fingerprint density at radius 3 is 2.71 bits per heavy atom. The van der Waals surface area contributed by atoms with E-state index in [-0.39, 0.29) is 5.75 Å². The third-order valence-electron chi connectivity index (χ3n) is 1.31. The Hall–Kier alpha value is -1.36. The van der Waals surface area contributed by atoms with Gasteiger partial charge in [0, 0.05) is 12.1 Å². The van der Waals surface area contributed by atoms with Gasteiger partial charge in [0.05, 0.1) is 0 Å². The molecule has 1 rings (SSSR count). The van der Waals surface area contributed by atoms with Crippen LogP contribution in [0.4, 0.5) is 8.78 Å². The minimum atomic E-state index is -1.26. The zero-order chi connectivity index (χ0) is 10.7. The number of hydrogen-bond acceptors (Lipinski definition) is 2. The first-order valence-electron chi connectivity index (χ1n) is 3.50. The molecule has 14 heavy (non-hydrogen) atoms. The summed E-state index contributed by atoms with van der Waals surface area (Å²) in [6.07, 6.45) is 0. The van der Waals surface area contributed by atoms with Gasteiger partial charge in [-0.15, -0.1) is 0 Å². The zero-order valence-electron chi connectivity index (χ0n) is 6.76. The van der Waals surface area contributed by atoms with Crippen LogP contribution in [0, 0.1) is 11.6 Å². The molecule has 6 heteroatoms. The highest BCUT2D eigenvalue weighted by Crippen LogP contribution is 2.28. The molecule has 0 heterocycles. The highest BCUT2D eigenvalue weighted by Gasteiger charge is 2.11. The Morgan fingerprint density at radius 2 is 2.14 bits per heavy atom. The molecule has 0 spiro atoms. The van der Waals surface area contributed by atoms with Crippen molar-refractivity contribution >= 4 is 17.6 Å². The Kier molecular flexibility index (Phi) is 3.24. The van der Waals surface area contributed by atoms with Crippen molar-refractivity contribution in [1.82, 2.24) is 0 Å². The quantitative estimate of drug-likeness (QED) is 0.797. The van der Waals surface area contributed by atoms with E-state index < -0.39 is 29.2 Å². The van der Waals surface area contributed by atoms with Gasteiger partial charge in [-0.3, -0.25) is 0 Å². The number of aliphatic carboxylic acids is 1. The topological polar surface area (TPSA) is 46.5 Å². The Labute approximate surface area is 82.9 Å². The summed E-state index contributed by atoms with van der Waals surface area (Å²) < 4.78 is 29.9. The van der Waals surface area contributed by atoms with Gasteiger partial charge in [0.15, 0.2) is 6.61 Å². The van der Waals surface area contributed by atoms with Crippen molar-refractivity contribution in [2.24, 2.45) is 0 Å². The molecule has 0 radical (unpaired) electrons. The van der Waals surface area contributed by atoms with E-state index in [0.29, 0.717) is 6.07 Å². The Morgan fingerprint density at radius 1 is 1.50 bits per heavy atom. The number of benzene rings is 1. The van der Waals surface area contributed by atoms with Crippen molar-refractivity contribution in [2.75, 3.05) is 6.61 Å². The largest absolute Gasteiger partial charge is 0.480 e. The molecule has 0 aliphatic heterocycles. The Bertz CT molecular complexity index is 368. The van der Waals surface area contributed by atoms with Crippen LogP contribution in [0.3, 0.4) is 0 Å². The number of carboxylic acids is 1. The molecule has 1 aromatic rings. The maximum Gasteiger partial charge on any atom is 0.341 e. The molecule has 0 amide bonds. The summed E-state index contributed by atoms with van der Waals surface area (Å²) in [7, 11) is 0. The van der Waals surface area contributed by atoms with E-state index in [9.17, 15) is 13.6 Å². The summed E-state index contributed by atoms with van der Waals surface area (Å²) in [5, 5.41) is 7.81. The molecule has 1 aromatic carbocycles. The number of ether oxygens (including phenoxy) is 1. The van der Waals surface area contributed by atoms with Gasteiger partial charge in [0.2, 0.25) is 0 Å². The van der Waals surface area contributed by atoms with E-state index in [1.54, 1.807) is 0 Å². The van der Waals surface area contributed by atoms with E-state index in [0.717, 1.165) is 6.07 Å². The molecule has 0 atom stereocenters. The Balaban J connectivity index is 2.90. The summed E-state index contributed by atoms with van der Waals surface area (Å²) in [6, 6.07) is 1.39. The first kappa shape index (κ1) is 10.7. The van der Waals surface area contributed by atoms with Crippen LogP contribution < -0.4 is 4.74 Å². The maximum atomic E-state index is 12.8. The standard InChI is InChI=1S/C8H5ClF2O3/c9-8-5(11)1-4(10)2-6(8)14-3-7(12)13/h1-2H,3H2,(H,12,13). The van der Waals surface area contributed by atoms with Crippen molar-refractivity contribution in [2.45, 2.75) is 0 Å². The first-order valence-corrected chi connectivity index (χ1v) is 3.87. The fraction of sp³-hybridized carbons (Fsp3) is 0.125. The second kappa shape index (κ2) is 4.23. The molecule has 3 nitrogen and oxygen atoms in total. The third kappa shape index (κ3) is 2.56. The molecule has 0 aliphatic rings. The molecular weight excluding hydrogens is 218 g/mol. The SMILES string of the molecule is O=C(O)COc1cc(F)cc(F)c1Cl. The lowest BCUT2D eigenvalue weighted by molar-refractivity contribution is -0.139. The second-order valence-electron chi connectivity index (χ2n) is 2.38. The molecule has 0 unspecified atom stereocenters. The van der Waals surface area contributed by atoms with Crippen molar-refractivity contribution < 1.29 is 23.4 Å². The van der Waals surface area contributed by atoms with E-state index in [1.807, 2.05) is 0 Å². The summed E-state index contributed by atoms with van der Waals surface area (Å²) in [5.41, 5.74) is 0. The lowest BCUT2D eigenvalue weighted by atomic mass is 10.3. The van der Waals surface area contributed by atoms with Crippen LogP contribution >= 0.6 is 11.6 Å².